The van der Waals surface area contributed by atoms with Gasteiger partial charge in [-0.2, -0.15) is 10.2 Å². The number of nitrogens with zero attached hydrogens (tertiary/aromatic N) is 4. The molecule has 0 aliphatic carbocycles. The lowest BCUT2D eigenvalue weighted by atomic mass is 9.99. The number of halogens is 1. The van der Waals surface area contributed by atoms with Crippen LogP contribution in [0.5, 0.6) is 0 Å². The van der Waals surface area contributed by atoms with Gasteiger partial charge in [-0.15, -0.1) is 0 Å². The topological polar surface area (TPSA) is 107 Å². The Morgan fingerprint density at radius 3 is 2.64 bits per heavy atom. The van der Waals surface area contributed by atoms with Crippen LogP contribution in [0.2, 0.25) is 0 Å². The van der Waals surface area contributed by atoms with Crippen LogP contribution in [0.4, 0.5) is 4.39 Å². The van der Waals surface area contributed by atoms with Crippen LogP contribution < -0.4 is 11.2 Å². The second kappa shape index (κ2) is 20.0. The summed E-state index contributed by atoms with van der Waals surface area (Å²) in [6, 6.07) is 0. The van der Waals surface area contributed by atoms with Crippen LogP contribution in [0, 0.1) is 5.92 Å². The first-order chi connectivity index (χ1) is 21.2. The largest absolute Gasteiger partial charge is 0.493 e. The maximum Gasteiger partial charge on any atom is 0.259 e. The molecule has 1 saturated heterocycles. The molecule has 44 heavy (non-hydrogen) atoms. The maximum absolute atomic E-state index is 13.8. The minimum atomic E-state index is -0.415. The van der Waals surface area contributed by atoms with Crippen LogP contribution in [0.25, 0.3) is 5.57 Å². The van der Waals surface area contributed by atoms with Crippen molar-refractivity contribution in [1.82, 2.24) is 20.0 Å². The Morgan fingerprint density at radius 2 is 2.00 bits per heavy atom. The predicted octanol–water partition coefficient (Wildman–Crippen LogP) is 5.83. The number of amides is 1. The van der Waals surface area contributed by atoms with Crippen molar-refractivity contribution in [2.75, 3.05) is 39.5 Å². The molecule has 1 fully saturated rings. The molecule has 1 aromatic rings. The predicted molar refractivity (Wildman–Crippen MR) is 177 cm³/mol. The van der Waals surface area contributed by atoms with Gasteiger partial charge in [-0.25, -0.2) is 4.39 Å². The van der Waals surface area contributed by atoms with E-state index >= 15 is 0 Å². The Labute approximate surface area is 262 Å². The SMILES string of the molecule is C=C(/C=C(C(=O)NC(/C=N\N)=C/C=C\C)\C(=C/C)OCC/C(=C/C=C(/F)CC)C(C)C)c1cnn(CCN2CCOCC2)c1. The van der Waals surface area contributed by atoms with Crippen molar-refractivity contribution in [2.45, 2.75) is 54.0 Å². The van der Waals surface area contributed by atoms with Gasteiger partial charge >= 0.3 is 0 Å². The normalized spacial score (nSPS) is 16.4. The fourth-order valence-corrected chi connectivity index (χ4v) is 4.30. The van der Waals surface area contributed by atoms with E-state index in [1.807, 2.05) is 30.0 Å². The average molecular weight is 609 g/mol. The number of hydrogen-bond acceptors (Lipinski definition) is 7. The van der Waals surface area contributed by atoms with Crippen LogP contribution in [0.15, 0.2) is 95.0 Å². The van der Waals surface area contributed by atoms with E-state index < -0.39 is 5.91 Å². The first-order valence-electron chi connectivity index (χ1n) is 15.2. The number of morpholine rings is 1. The van der Waals surface area contributed by atoms with Gasteiger partial charge in [-0.1, -0.05) is 51.2 Å². The second-order valence-electron chi connectivity index (χ2n) is 10.5. The van der Waals surface area contributed by atoms with Crippen molar-refractivity contribution in [3.8, 4) is 0 Å². The number of ether oxygens (including phenoxy) is 2. The molecular weight excluding hydrogens is 559 g/mol. The molecule has 0 spiro atoms. The molecule has 0 aromatic carbocycles. The van der Waals surface area contributed by atoms with Gasteiger partial charge in [0.05, 0.1) is 55.9 Å². The van der Waals surface area contributed by atoms with E-state index in [-0.39, 0.29) is 17.3 Å². The summed E-state index contributed by atoms with van der Waals surface area (Å²) in [5, 5.41) is 10.9. The van der Waals surface area contributed by atoms with Gasteiger partial charge in [0.25, 0.3) is 5.91 Å². The van der Waals surface area contributed by atoms with E-state index in [0.717, 1.165) is 50.5 Å². The van der Waals surface area contributed by atoms with Gasteiger partial charge in [0.15, 0.2) is 0 Å². The van der Waals surface area contributed by atoms with E-state index in [2.05, 4.69) is 40.8 Å². The molecule has 1 aromatic heterocycles. The molecule has 0 radical (unpaired) electrons. The van der Waals surface area contributed by atoms with Gasteiger partial charge in [0.1, 0.15) is 5.76 Å². The van der Waals surface area contributed by atoms with Crippen molar-refractivity contribution in [3.63, 3.8) is 0 Å². The molecule has 3 N–H and O–H groups in total. The zero-order valence-electron chi connectivity index (χ0n) is 26.9. The molecule has 2 rings (SSSR count). The minimum absolute atomic E-state index is 0.175. The van der Waals surface area contributed by atoms with Crippen LogP contribution in [0.1, 0.15) is 53.0 Å². The Balaban J connectivity index is 2.30. The second-order valence-corrected chi connectivity index (χ2v) is 10.5. The number of rotatable bonds is 17. The molecule has 0 bridgehead atoms. The first-order valence-corrected chi connectivity index (χ1v) is 15.2. The number of carbonyl (C=O) groups is 1. The van der Waals surface area contributed by atoms with Gasteiger partial charge in [-0.3, -0.25) is 14.4 Å². The van der Waals surface area contributed by atoms with Crippen molar-refractivity contribution in [3.05, 3.63) is 95.5 Å². The lowest BCUT2D eigenvalue weighted by Gasteiger charge is -2.26. The highest BCUT2D eigenvalue weighted by molar-refractivity contribution is 6.03. The quantitative estimate of drug-likeness (QED) is 0.0576. The van der Waals surface area contributed by atoms with Crippen molar-refractivity contribution in [2.24, 2.45) is 16.9 Å². The highest BCUT2D eigenvalue weighted by atomic mass is 19.1. The summed E-state index contributed by atoms with van der Waals surface area (Å²) in [4.78, 5) is 16.0. The number of nitrogens with two attached hydrogens (primary N) is 1. The van der Waals surface area contributed by atoms with E-state index in [1.165, 1.54) is 12.3 Å². The average Bonchev–Trinajstić information content (AvgIpc) is 3.51. The number of carbonyl (C=O) groups excluding carboxylic acids is 1. The molecule has 0 atom stereocenters. The van der Waals surface area contributed by atoms with Crippen LogP contribution in [0.3, 0.4) is 0 Å². The molecule has 0 unspecified atom stereocenters. The Kier molecular flexibility index (Phi) is 16.5. The lowest BCUT2D eigenvalue weighted by Crippen LogP contribution is -2.38. The Morgan fingerprint density at radius 1 is 1.25 bits per heavy atom. The van der Waals surface area contributed by atoms with Crippen molar-refractivity contribution < 1.29 is 18.7 Å². The van der Waals surface area contributed by atoms with E-state index in [0.29, 0.717) is 36.5 Å². The monoisotopic (exact) mass is 608 g/mol. The van der Waals surface area contributed by atoms with Crippen LogP contribution in [-0.4, -0.2) is 66.3 Å². The van der Waals surface area contributed by atoms with E-state index in [1.54, 1.807) is 44.3 Å². The highest BCUT2D eigenvalue weighted by Crippen LogP contribution is 2.23. The van der Waals surface area contributed by atoms with Crippen LogP contribution >= 0.6 is 0 Å². The molecule has 1 amide bonds. The highest BCUT2D eigenvalue weighted by Gasteiger charge is 2.19. The summed E-state index contributed by atoms with van der Waals surface area (Å²) in [6.45, 7) is 19.0. The molecule has 9 nitrogen and oxygen atoms in total. The van der Waals surface area contributed by atoms with Crippen molar-refractivity contribution >= 4 is 17.7 Å². The third-order valence-corrected chi connectivity index (χ3v) is 6.99. The van der Waals surface area contributed by atoms with E-state index in [9.17, 15) is 9.18 Å². The minimum Gasteiger partial charge on any atom is -0.493 e. The van der Waals surface area contributed by atoms with Crippen LogP contribution in [-0.2, 0) is 20.8 Å². The third kappa shape index (κ3) is 12.7. The van der Waals surface area contributed by atoms with Gasteiger partial charge < -0.3 is 20.6 Å². The summed E-state index contributed by atoms with van der Waals surface area (Å²) in [5.74, 6) is 5.38. The molecule has 2 heterocycles. The number of allylic oxidation sites excluding steroid dienone is 10. The maximum atomic E-state index is 13.8. The molecule has 1 aliphatic heterocycles. The summed E-state index contributed by atoms with van der Waals surface area (Å²) in [5.41, 5.74) is 3.13. The number of aromatic nitrogens is 2. The van der Waals surface area contributed by atoms with Crippen molar-refractivity contribution in [1.29, 1.82) is 0 Å². The summed E-state index contributed by atoms with van der Waals surface area (Å²) >= 11 is 0. The van der Waals surface area contributed by atoms with Gasteiger partial charge in [0, 0.05) is 37.8 Å². The zero-order valence-corrected chi connectivity index (χ0v) is 26.9. The third-order valence-electron chi connectivity index (χ3n) is 6.99. The fraction of sp³-hybridized carbons (Fsp3) is 0.441. The molecule has 10 heteroatoms. The molecule has 1 aliphatic rings. The molecule has 0 saturated carbocycles. The Hall–Kier alpha value is -4.02. The number of hydrazone groups is 1. The number of hydrogen-bond donors (Lipinski definition) is 2. The molecular formula is C34H49FN6O3. The molecule has 240 valence electrons. The lowest BCUT2D eigenvalue weighted by molar-refractivity contribution is -0.116. The smallest absolute Gasteiger partial charge is 0.259 e. The fourth-order valence-electron chi connectivity index (χ4n) is 4.30. The summed E-state index contributed by atoms with van der Waals surface area (Å²) < 4.78 is 27.2. The first kappa shape index (κ1) is 36.2. The van der Waals surface area contributed by atoms with Gasteiger partial charge in [-0.05, 0) is 56.1 Å². The summed E-state index contributed by atoms with van der Waals surface area (Å²) in [7, 11) is 0. The Bertz CT molecular complexity index is 1290. The zero-order chi connectivity index (χ0) is 32.3. The van der Waals surface area contributed by atoms with E-state index in [4.69, 9.17) is 15.3 Å². The standard InChI is InChI=1S/C34H49FN6O3/c1-7-10-11-31(24-37-36)39-34(42)32(33(9-3)44-19-14-28(26(4)5)12-13-30(35)8-2)22-27(6)29-23-38-41(25-29)16-15-40-17-20-43-21-18-40/h7,9-13,22-26H,6,8,14-21,36H2,1-5H3,(H,39,42)/b10-7-,28-12-,30-13+,31-11+,32-22+,33-9+,37-24-. The summed E-state index contributed by atoms with van der Waals surface area (Å²) in [6.07, 6.45) is 18.0. The van der Waals surface area contributed by atoms with Gasteiger partial charge in [0.2, 0.25) is 0 Å². The number of nitrogens with one attached hydrogen (secondary N) is 1.